The summed E-state index contributed by atoms with van der Waals surface area (Å²) >= 11 is 0. The number of nitrogens with zero attached hydrogens (tertiary/aromatic N) is 3. The van der Waals surface area contributed by atoms with Crippen LogP contribution in [0.2, 0.25) is 0 Å². The summed E-state index contributed by atoms with van der Waals surface area (Å²) in [6.07, 6.45) is 5.69. The van der Waals surface area contributed by atoms with E-state index in [-0.39, 0.29) is 5.91 Å². The molecule has 1 amide bonds. The van der Waals surface area contributed by atoms with E-state index < -0.39 is 0 Å². The van der Waals surface area contributed by atoms with Crippen LogP contribution in [-0.2, 0) is 4.79 Å². The Morgan fingerprint density at radius 3 is 2.47 bits per heavy atom. The molecule has 1 aliphatic heterocycles. The number of anilines is 2. The maximum Gasteiger partial charge on any atom is 0.225 e. The fourth-order valence-electron chi connectivity index (χ4n) is 1.96. The topological polar surface area (TPSA) is 58.1 Å². The van der Waals surface area contributed by atoms with E-state index in [1.807, 2.05) is 0 Å². The van der Waals surface area contributed by atoms with Crippen LogP contribution in [0.15, 0.2) is 12.4 Å². The van der Waals surface area contributed by atoms with Crippen LogP contribution in [0.4, 0.5) is 11.6 Å². The third-order valence-electron chi connectivity index (χ3n) is 3.03. The van der Waals surface area contributed by atoms with Gasteiger partial charge < -0.3 is 10.2 Å². The van der Waals surface area contributed by atoms with Gasteiger partial charge in [-0.15, -0.1) is 0 Å². The molecular formula is C12H18N4O. The Labute approximate surface area is 101 Å². The second kappa shape index (κ2) is 5.12. The van der Waals surface area contributed by atoms with Crippen LogP contribution in [0.1, 0.15) is 26.7 Å². The van der Waals surface area contributed by atoms with Crippen LogP contribution < -0.4 is 10.2 Å². The second-order valence-corrected chi connectivity index (χ2v) is 4.62. The van der Waals surface area contributed by atoms with E-state index in [1.54, 1.807) is 12.4 Å². The van der Waals surface area contributed by atoms with Crippen LogP contribution >= 0.6 is 0 Å². The lowest BCUT2D eigenvalue weighted by Crippen LogP contribution is -2.34. The van der Waals surface area contributed by atoms with Gasteiger partial charge >= 0.3 is 0 Å². The van der Waals surface area contributed by atoms with Crippen molar-refractivity contribution in [2.24, 2.45) is 5.92 Å². The lowest BCUT2D eigenvalue weighted by Gasteiger charge is -2.30. The van der Waals surface area contributed by atoms with Gasteiger partial charge in [0.25, 0.3) is 0 Å². The Morgan fingerprint density at radius 1 is 1.35 bits per heavy atom. The summed E-state index contributed by atoms with van der Waals surface area (Å²) in [7, 11) is 0. The maximum atomic E-state index is 10.9. The zero-order chi connectivity index (χ0) is 12.3. The standard InChI is InChI=1S/C12H18N4O/c1-9-3-5-16(6-4-9)12-13-7-11(8-14-12)15-10(2)17/h7-9H,3-6H2,1-2H3,(H,15,17). The van der Waals surface area contributed by atoms with Crippen LogP contribution in [-0.4, -0.2) is 29.0 Å². The maximum absolute atomic E-state index is 10.9. The molecular weight excluding hydrogens is 216 g/mol. The first-order valence-electron chi connectivity index (χ1n) is 5.99. The molecule has 92 valence electrons. The van der Waals surface area contributed by atoms with Crippen LogP contribution in [0.25, 0.3) is 0 Å². The molecule has 1 aromatic heterocycles. The van der Waals surface area contributed by atoms with Gasteiger partial charge in [0.15, 0.2) is 0 Å². The van der Waals surface area contributed by atoms with E-state index in [0.717, 1.165) is 25.0 Å². The van der Waals surface area contributed by atoms with Gasteiger partial charge in [-0.3, -0.25) is 4.79 Å². The number of hydrogen-bond acceptors (Lipinski definition) is 4. The molecule has 0 unspecified atom stereocenters. The molecule has 0 aliphatic carbocycles. The highest BCUT2D eigenvalue weighted by Gasteiger charge is 2.17. The molecule has 2 heterocycles. The lowest BCUT2D eigenvalue weighted by atomic mass is 10.00. The Bertz CT molecular complexity index is 382. The van der Waals surface area contributed by atoms with Crippen LogP contribution in [0, 0.1) is 5.92 Å². The van der Waals surface area contributed by atoms with E-state index in [0.29, 0.717) is 5.69 Å². The Morgan fingerprint density at radius 2 is 1.94 bits per heavy atom. The van der Waals surface area contributed by atoms with Crippen molar-refractivity contribution in [3.63, 3.8) is 0 Å². The summed E-state index contributed by atoms with van der Waals surface area (Å²) in [5.41, 5.74) is 0.645. The quantitative estimate of drug-likeness (QED) is 0.845. The van der Waals surface area contributed by atoms with Crippen molar-refractivity contribution in [2.45, 2.75) is 26.7 Å². The SMILES string of the molecule is CC(=O)Nc1cnc(N2CCC(C)CC2)nc1. The van der Waals surface area contributed by atoms with Crippen molar-refractivity contribution in [3.05, 3.63) is 12.4 Å². The number of hydrogen-bond donors (Lipinski definition) is 1. The van der Waals surface area contributed by atoms with E-state index in [2.05, 4.69) is 27.1 Å². The number of carbonyl (C=O) groups excluding carboxylic acids is 1. The predicted octanol–water partition coefficient (Wildman–Crippen LogP) is 1.67. The number of rotatable bonds is 2. The van der Waals surface area contributed by atoms with E-state index in [4.69, 9.17) is 0 Å². The Kier molecular flexibility index (Phi) is 3.56. The zero-order valence-electron chi connectivity index (χ0n) is 10.3. The molecule has 1 saturated heterocycles. The van der Waals surface area contributed by atoms with Gasteiger partial charge in [0.05, 0.1) is 18.1 Å². The molecule has 1 N–H and O–H groups in total. The van der Waals surface area contributed by atoms with Crippen molar-refractivity contribution in [2.75, 3.05) is 23.3 Å². The highest BCUT2D eigenvalue weighted by Crippen LogP contribution is 2.20. The van der Waals surface area contributed by atoms with Crippen molar-refractivity contribution < 1.29 is 4.79 Å². The molecule has 0 saturated carbocycles. The average Bonchev–Trinajstić information content (AvgIpc) is 2.30. The normalized spacial score (nSPS) is 16.9. The summed E-state index contributed by atoms with van der Waals surface area (Å²) in [6, 6.07) is 0. The van der Waals surface area contributed by atoms with Crippen LogP contribution in [0.5, 0.6) is 0 Å². The van der Waals surface area contributed by atoms with Gasteiger partial charge in [-0.05, 0) is 18.8 Å². The second-order valence-electron chi connectivity index (χ2n) is 4.62. The van der Waals surface area contributed by atoms with Crippen molar-refractivity contribution >= 4 is 17.5 Å². The summed E-state index contributed by atoms with van der Waals surface area (Å²) in [4.78, 5) is 21.6. The molecule has 5 heteroatoms. The van der Waals surface area contributed by atoms with E-state index in [9.17, 15) is 4.79 Å². The molecule has 0 atom stereocenters. The summed E-state index contributed by atoms with van der Waals surface area (Å²) in [5.74, 6) is 1.45. The van der Waals surface area contributed by atoms with Crippen molar-refractivity contribution in [3.8, 4) is 0 Å². The van der Waals surface area contributed by atoms with E-state index in [1.165, 1.54) is 19.8 Å². The molecule has 0 bridgehead atoms. The predicted molar refractivity (Wildman–Crippen MR) is 66.9 cm³/mol. The molecule has 1 aliphatic rings. The minimum atomic E-state index is -0.104. The van der Waals surface area contributed by atoms with Gasteiger partial charge in [0.1, 0.15) is 0 Å². The van der Waals surface area contributed by atoms with Gasteiger partial charge in [0.2, 0.25) is 11.9 Å². The zero-order valence-corrected chi connectivity index (χ0v) is 10.3. The van der Waals surface area contributed by atoms with Gasteiger partial charge in [-0.2, -0.15) is 0 Å². The third-order valence-corrected chi connectivity index (χ3v) is 3.03. The van der Waals surface area contributed by atoms with Crippen molar-refractivity contribution in [1.29, 1.82) is 0 Å². The Hall–Kier alpha value is -1.65. The number of nitrogens with one attached hydrogen (secondary N) is 1. The minimum Gasteiger partial charge on any atom is -0.341 e. The molecule has 0 radical (unpaired) electrons. The fraction of sp³-hybridized carbons (Fsp3) is 0.583. The number of amides is 1. The van der Waals surface area contributed by atoms with Gasteiger partial charge in [0, 0.05) is 20.0 Å². The monoisotopic (exact) mass is 234 g/mol. The Balaban J connectivity index is 2.00. The first-order chi connectivity index (χ1) is 8.15. The van der Waals surface area contributed by atoms with Crippen molar-refractivity contribution in [1.82, 2.24) is 9.97 Å². The fourth-order valence-corrected chi connectivity index (χ4v) is 1.96. The first-order valence-corrected chi connectivity index (χ1v) is 5.99. The smallest absolute Gasteiger partial charge is 0.225 e. The molecule has 1 fully saturated rings. The van der Waals surface area contributed by atoms with Gasteiger partial charge in [-0.25, -0.2) is 9.97 Å². The first kappa shape index (κ1) is 11.8. The average molecular weight is 234 g/mol. The highest BCUT2D eigenvalue weighted by molar-refractivity contribution is 5.88. The largest absolute Gasteiger partial charge is 0.341 e. The molecule has 1 aromatic rings. The minimum absolute atomic E-state index is 0.104. The van der Waals surface area contributed by atoms with E-state index >= 15 is 0 Å². The highest BCUT2D eigenvalue weighted by atomic mass is 16.1. The number of aromatic nitrogens is 2. The van der Waals surface area contributed by atoms with Gasteiger partial charge in [-0.1, -0.05) is 6.92 Å². The summed E-state index contributed by atoms with van der Waals surface area (Å²) in [5, 5.41) is 2.66. The molecule has 0 aromatic carbocycles. The summed E-state index contributed by atoms with van der Waals surface area (Å²) in [6.45, 7) is 5.78. The lowest BCUT2D eigenvalue weighted by molar-refractivity contribution is -0.114. The molecule has 5 nitrogen and oxygen atoms in total. The summed E-state index contributed by atoms with van der Waals surface area (Å²) < 4.78 is 0. The third kappa shape index (κ3) is 3.15. The number of carbonyl (C=O) groups is 1. The molecule has 2 rings (SSSR count). The number of piperidine rings is 1. The molecule has 17 heavy (non-hydrogen) atoms. The van der Waals surface area contributed by atoms with Crippen LogP contribution in [0.3, 0.4) is 0 Å². The molecule has 0 spiro atoms.